The molecule has 0 aliphatic carbocycles. The van der Waals surface area contributed by atoms with Crippen LogP contribution in [0.5, 0.6) is 23.0 Å². The Morgan fingerprint density at radius 2 is 1.83 bits per heavy atom. The minimum absolute atomic E-state index is 0.175. The van der Waals surface area contributed by atoms with Gasteiger partial charge in [-0.1, -0.05) is 6.07 Å². The van der Waals surface area contributed by atoms with Crippen molar-refractivity contribution in [2.45, 2.75) is 31.9 Å². The molecule has 154 valence electrons. The molecule has 0 spiro atoms. The molecule has 3 rings (SSSR count). The Morgan fingerprint density at radius 1 is 1.07 bits per heavy atom. The first kappa shape index (κ1) is 20.6. The van der Waals surface area contributed by atoms with E-state index in [1.54, 1.807) is 33.5 Å². The van der Waals surface area contributed by atoms with Crippen LogP contribution in [0.15, 0.2) is 42.5 Å². The Bertz CT molecular complexity index is 919. The molecule has 0 bridgehead atoms. The van der Waals surface area contributed by atoms with Gasteiger partial charge in [0.2, 0.25) is 5.91 Å². The van der Waals surface area contributed by atoms with Crippen LogP contribution in [0.4, 0.5) is 0 Å². The molecule has 2 aromatic rings. The summed E-state index contributed by atoms with van der Waals surface area (Å²) in [5.41, 5.74) is 1.37. The molecule has 29 heavy (non-hydrogen) atoms. The monoisotopic (exact) mass is 397 g/mol. The summed E-state index contributed by atoms with van der Waals surface area (Å²) in [6, 6.07) is 11.0. The van der Waals surface area contributed by atoms with Crippen molar-refractivity contribution in [3.63, 3.8) is 0 Å². The van der Waals surface area contributed by atoms with Gasteiger partial charge in [-0.3, -0.25) is 4.79 Å². The van der Waals surface area contributed by atoms with Crippen LogP contribution in [-0.4, -0.2) is 32.8 Å². The smallest absolute Gasteiger partial charge is 0.244 e. The number of carbonyl (C=O) groups excluding carboxylic acids is 1. The predicted octanol–water partition coefficient (Wildman–Crippen LogP) is 4.14. The largest absolute Gasteiger partial charge is 0.497 e. The molecule has 0 saturated heterocycles. The zero-order chi connectivity index (χ0) is 21.0. The van der Waals surface area contributed by atoms with E-state index in [1.807, 2.05) is 44.2 Å². The van der Waals surface area contributed by atoms with Crippen molar-refractivity contribution in [2.24, 2.45) is 0 Å². The number of fused-ring (bicyclic) bond motifs is 1. The second-order valence-electron chi connectivity index (χ2n) is 7.48. The average molecular weight is 397 g/mol. The Balaban J connectivity index is 1.77. The maximum absolute atomic E-state index is 12.6. The molecule has 0 aromatic heterocycles. The number of hydrogen-bond acceptors (Lipinski definition) is 5. The average Bonchev–Trinajstić information content (AvgIpc) is 2.71. The second-order valence-corrected chi connectivity index (χ2v) is 7.48. The number of carbonyl (C=O) groups is 1. The van der Waals surface area contributed by atoms with Gasteiger partial charge in [0.05, 0.1) is 27.4 Å². The zero-order valence-electron chi connectivity index (χ0n) is 17.4. The van der Waals surface area contributed by atoms with Gasteiger partial charge in [-0.25, -0.2) is 0 Å². The topological polar surface area (TPSA) is 66.0 Å². The number of benzene rings is 2. The Labute approximate surface area is 171 Å². The van der Waals surface area contributed by atoms with Crippen molar-refractivity contribution < 1.29 is 23.7 Å². The molecule has 1 heterocycles. The lowest BCUT2D eigenvalue weighted by Crippen LogP contribution is -2.40. The van der Waals surface area contributed by atoms with Gasteiger partial charge < -0.3 is 24.3 Å². The lowest BCUT2D eigenvalue weighted by molar-refractivity contribution is -0.117. The minimum atomic E-state index is -0.382. The molecule has 1 N–H and O–H groups in total. The van der Waals surface area contributed by atoms with E-state index in [0.29, 0.717) is 17.9 Å². The summed E-state index contributed by atoms with van der Waals surface area (Å²) >= 11 is 0. The van der Waals surface area contributed by atoms with E-state index in [0.717, 1.165) is 22.6 Å². The molecule has 6 nitrogen and oxygen atoms in total. The molecule has 6 heteroatoms. The van der Waals surface area contributed by atoms with Crippen molar-refractivity contribution >= 4 is 12.0 Å². The highest BCUT2D eigenvalue weighted by atomic mass is 16.5. The fourth-order valence-electron chi connectivity index (χ4n) is 3.44. The van der Waals surface area contributed by atoms with E-state index in [-0.39, 0.29) is 17.6 Å². The Morgan fingerprint density at radius 3 is 2.52 bits per heavy atom. The maximum atomic E-state index is 12.6. The number of methoxy groups -OCH3 is 3. The summed E-state index contributed by atoms with van der Waals surface area (Å²) < 4.78 is 21.9. The van der Waals surface area contributed by atoms with E-state index < -0.39 is 0 Å². The van der Waals surface area contributed by atoms with Crippen molar-refractivity contribution in [3.05, 3.63) is 53.6 Å². The summed E-state index contributed by atoms with van der Waals surface area (Å²) in [5, 5.41) is 3.09. The lowest BCUT2D eigenvalue weighted by atomic mass is 9.89. The lowest BCUT2D eigenvalue weighted by Gasteiger charge is -2.37. The minimum Gasteiger partial charge on any atom is -0.497 e. The number of amides is 1. The molecule has 0 unspecified atom stereocenters. The van der Waals surface area contributed by atoms with Crippen LogP contribution in [0.1, 0.15) is 37.4 Å². The third kappa shape index (κ3) is 4.83. The standard InChI is InChI=1S/C23H27NO5/c1-23(2)14-18(17-13-16(26-3)8-10-19(17)29-23)24-22(25)11-7-15-6-9-20(27-4)21(12-15)28-5/h6-13,18H,14H2,1-5H3,(H,24,25)/b11-7+/t18-/m0/s1. The van der Waals surface area contributed by atoms with Gasteiger partial charge in [0.25, 0.3) is 0 Å². The van der Waals surface area contributed by atoms with Gasteiger partial charge in [-0.15, -0.1) is 0 Å². The molecule has 1 amide bonds. The normalized spacial score (nSPS) is 17.2. The van der Waals surface area contributed by atoms with Crippen molar-refractivity contribution in [1.29, 1.82) is 0 Å². The van der Waals surface area contributed by atoms with E-state index in [9.17, 15) is 4.79 Å². The highest BCUT2D eigenvalue weighted by Crippen LogP contribution is 2.41. The summed E-state index contributed by atoms with van der Waals surface area (Å²) in [7, 11) is 4.79. The van der Waals surface area contributed by atoms with E-state index >= 15 is 0 Å². The molecule has 0 radical (unpaired) electrons. The Kier molecular flexibility index (Phi) is 6.01. The van der Waals surface area contributed by atoms with Crippen molar-refractivity contribution in [2.75, 3.05) is 21.3 Å². The maximum Gasteiger partial charge on any atom is 0.244 e. The highest BCUT2D eigenvalue weighted by Gasteiger charge is 2.34. The number of nitrogens with one attached hydrogen (secondary N) is 1. The molecular formula is C23H27NO5. The molecule has 1 aliphatic rings. The van der Waals surface area contributed by atoms with E-state index in [1.165, 1.54) is 6.08 Å². The van der Waals surface area contributed by atoms with Crippen molar-refractivity contribution in [1.82, 2.24) is 5.32 Å². The van der Waals surface area contributed by atoms with Crippen LogP contribution < -0.4 is 24.3 Å². The van der Waals surface area contributed by atoms with Crippen LogP contribution in [0.25, 0.3) is 6.08 Å². The van der Waals surface area contributed by atoms with Crippen molar-refractivity contribution in [3.8, 4) is 23.0 Å². The molecule has 1 atom stereocenters. The van der Waals surface area contributed by atoms with Gasteiger partial charge in [0.1, 0.15) is 17.1 Å². The summed E-state index contributed by atoms with van der Waals surface area (Å²) in [4.78, 5) is 12.6. The van der Waals surface area contributed by atoms with Crippen LogP contribution in [0, 0.1) is 0 Å². The van der Waals surface area contributed by atoms with E-state index in [4.69, 9.17) is 18.9 Å². The molecule has 1 aliphatic heterocycles. The second kappa shape index (κ2) is 8.47. The first-order chi connectivity index (χ1) is 13.8. The fraction of sp³-hybridized carbons (Fsp3) is 0.348. The van der Waals surface area contributed by atoms with Gasteiger partial charge in [-0.05, 0) is 55.8 Å². The summed E-state index contributed by atoms with van der Waals surface area (Å²) in [6.07, 6.45) is 3.92. The van der Waals surface area contributed by atoms with Crippen LogP contribution in [-0.2, 0) is 4.79 Å². The fourth-order valence-corrected chi connectivity index (χ4v) is 3.44. The summed E-state index contributed by atoms with van der Waals surface area (Å²) in [6.45, 7) is 4.03. The highest BCUT2D eigenvalue weighted by molar-refractivity contribution is 5.92. The third-order valence-corrected chi connectivity index (χ3v) is 4.83. The zero-order valence-corrected chi connectivity index (χ0v) is 17.4. The summed E-state index contributed by atoms with van der Waals surface area (Å²) in [5.74, 6) is 2.56. The molecule has 2 aromatic carbocycles. The SMILES string of the molecule is COc1ccc2c(c1)[C@@H](NC(=O)/C=C/c1ccc(OC)c(OC)c1)CC(C)(C)O2. The van der Waals surface area contributed by atoms with Crippen LogP contribution >= 0.6 is 0 Å². The van der Waals surface area contributed by atoms with Gasteiger partial charge >= 0.3 is 0 Å². The van der Waals surface area contributed by atoms with E-state index in [2.05, 4.69) is 5.32 Å². The molecular weight excluding hydrogens is 370 g/mol. The number of hydrogen-bond donors (Lipinski definition) is 1. The third-order valence-electron chi connectivity index (χ3n) is 4.83. The predicted molar refractivity (Wildman–Crippen MR) is 112 cm³/mol. The number of ether oxygens (including phenoxy) is 4. The van der Waals surface area contributed by atoms with Gasteiger partial charge in [0.15, 0.2) is 11.5 Å². The first-order valence-electron chi connectivity index (χ1n) is 9.43. The molecule has 0 fully saturated rings. The number of rotatable bonds is 6. The molecule has 0 saturated carbocycles. The first-order valence-corrected chi connectivity index (χ1v) is 9.43. The van der Waals surface area contributed by atoms with Crippen LogP contribution in [0.2, 0.25) is 0 Å². The quantitative estimate of drug-likeness (QED) is 0.742. The Hall–Kier alpha value is -3.15. The van der Waals surface area contributed by atoms with Crippen LogP contribution in [0.3, 0.4) is 0 Å². The van der Waals surface area contributed by atoms with Gasteiger partial charge in [-0.2, -0.15) is 0 Å². The van der Waals surface area contributed by atoms with Gasteiger partial charge in [0, 0.05) is 18.1 Å².